The predicted molar refractivity (Wildman–Crippen MR) is 128 cm³/mol. The van der Waals surface area contributed by atoms with Gasteiger partial charge in [-0.2, -0.15) is 0 Å². The van der Waals surface area contributed by atoms with Crippen molar-refractivity contribution in [3.05, 3.63) is 69.7 Å². The first-order valence-corrected chi connectivity index (χ1v) is 11.0. The van der Waals surface area contributed by atoms with Crippen LogP contribution in [-0.2, 0) is 6.42 Å². The molecule has 1 aromatic heterocycles. The number of thiazole rings is 1. The van der Waals surface area contributed by atoms with Gasteiger partial charge in [-0.05, 0) is 24.3 Å². The summed E-state index contributed by atoms with van der Waals surface area (Å²) in [6, 6.07) is 14.7. The summed E-state index contributed by atoms with van der Waals surface area (Å²) in [5.41, 5.74) is 15.8. The van der Waals surface area contributed by atoms with E-state index < -0.39 is 11.9 Å². The lowest BCUT2D eigenvalue weighted by Gasteiger charge is -2.38. The van der Waals surface area contributed by atoms with Crippen molar-refractivity contribution >= 4 is 40.3 Å². The maximum atomic E-state index is 13.7. The van der Waals surface area contributed by atoms with Gasteiger partial charge < -0.3 is 21.3 Å². The van der Waals surface area contributed by atoms with Crippen LogP contribution in [0, 0.1) is 0 Å². The Bertz CT molecular complexity index is 1170. The van der Waals surface area contributed by atoms with Gasteiger partial charge >= 0.3 is 6.03 Å². The van der Waals surface area contributed by atoms with E-state index in [2.05, 4.69) is 4.98 Å². The topological polar surface area (TPSA) is 109 Å². The fourth-order valence-corrected chi connectivity index (χ4v) is 5.01. The van der Waals surface area contributed by atoms with Gasteiger partial charge in [-0.3, -0.25) is 9.69 Å². The molecule has 3 aromatic rings. The van der Waals surface area contributed by atoms with Crippen LogP contribution in [0.4, 0.5) is 21.9 Å². The number of primary amides is 1. The van der Waals surface area contributed by atoms with E-state index in [1.165, 1.54) is 11.3 Å². The second kappa shape index (κ2) is 8.51. The van der Waals surface area contributed by atoms with E-state index in [0.29, 0.717) is 18.7 Å². The summed E-state index contributed by atoms with van der Waals surface area (Å²) in [4.78, 5) is 36.2. The molecule has 9 heteroatoms. The Morgan fingerprint density at radius 2 is 1.81 bits per heavy atom. The molecule has 166 valence electrons. The van der Waals surface area contributed by atoms with Crippen LogP contribution in [-0.4, -0.2) is 49.5 Å². The number of hydrogen-bond donors (Lipinski definition) is 2. The first-order chi connectivity index (χ1) is 15.3. The third-order valence-electron chi connectivity index (χ3n) is 5.64. The lowest BCUT2D eigenvalue weighted by Crippen LogP contribution is -2.46. The van der Waals surface area contributed by atoms with E-state index in [1.54, 1.807) is 16.8 Å². The maximum absolute atomic E-state index is 13.7. The standard InChI is InChI=1S/C23H26N6O2S/c1-27(2)14-7-6-8-15(13-14)28(3)23(31)29-12-11-18-20(32-22(26-18)21(25)30)19(29)16-9-4-5-10-17(16)24/h4-10,13,19H,11-12,24H2,1-3H3,(H2,25,30). The smallest absolute Gasteiger partial charge is 0.325 e. The van der Waals surface area contributed by atoms with Gasteiger partial charge in [0.15, 0.2) is 5.01 Å². The van der Waals surface area contributed by atoms with Crippen LogP contribution in [0.1, 0.15) is 32.0 Å². The lowest BCUT2D eigenvalue weighted by atomic mass is 9.96. The van der Waals surface area contributed by atoms with Gasteiger partial charge in [0.05, 0.1) is 16.6 Å². The van der Waals surface area contributed by atoms with Crippen molar-refractivity contribution in [1.29, 1.82) is 0 Å². The summed E-state index contributed by atoms with van der Waals surface area (Å²) >= 11 is 1.23. The fraction of sp³-hybridized carbons (Fsp3) is 0.261. The average Bonchev–Trinajstić information content (AvgIpc) is 3.23. The highest BCUT2D eigenvalue weighted by atomic mass is 32.1. The van der Waals surface area contributed by atoms with E-state index in [0.717, 1.165) is 27.5 Å². The molecule has 0 saturated carbocycles. The molecule has 0 radical (unpaired) electrons. The van der Waals surface area contributed by atoms with Crippen molar-refractivity contribution < 1.29 is 9.59 Å². The number of urea groups is 1. The van der Waals surface area contributed by atoms with Crippen molar-refractivity contribution in [2.75, 3.05) is 43.2 Å². The minimum absolute atomic E-state index is 0.158. The van der Waals surface area contributed by atoms with E-state index >= 15 is 0 Å². The Kier molecular flexibility index (Phi) is 5.75. The molecule has 8 nitrogen and oxygen atoms in total. The Balaban J connectivity index is 1.76. The highest BCUT2D eigenvalue weighted by molar-refractivity contribution is 7.13. The number of amides is 3. The number of para-hydroxylation sites is 1. The molecule has 1 atom stereocenters. The van der Waals surface area contributed by atoms with Gasteiger partial charge in [0.1, 0.15) is 0 Å². The molecule has 4 N–H and O–H groups in total. The minimum atomic E-state index is -0.570. The number of hydrogen-bond acceptors (Lipinski definition) is 6. The van der Waals surface area contributed by atoms with Gasteiger partial charge in [-0.15, -0.1) is 11.3 Å². The van der Waals surface area contributed by atoms with Crippen molar-refractivity contribution in [2.45, 2.75) is 12.5 Å². The number of carbonyl (C=O) groups excluding carboxylic acids is 2. The van der Waals surface area contributed by atoms with Crippen molar-refractivity contribution in [2.24, 2.45) is 5.73 Å². The number of rotatable bonds is 4. The normalized spacial score (nSPS) is 15.2. The molecule has 1 unspecified atom stereocenters. The van der Waals surface area contributed by atoms with Crippen molar-refractivity contribution in [1.82, 2.24) is 9.88 Å². The number of benzene rings is 2. The third-order valence-corrected chi connectivity index (χ3v) is 6.81. The van der Waals surface area contributed by atoms with E-state index in [9.17, 15) is 9.59 Å². The molecule has 0 fully saturated rings. The van der Waals surface area contributed by atoms with E-state index in [4.69, 9.17) is 11.5 Å². The SMILES string of the molecule is CN(C)c1cccc(N(C)C(=O)N2CCc3nc(C(N)=O)sc3C2c2ccccc2N)c1. The highest BCUT2D eigenvalue weighted by Crippen LogP contribution is 2.41. The first kappa shape index (κ1) is 21.6. The minimum Gasteiger partial charge on any atom is -0.398 e. The second-order valence-electron chi connectivity index (χ2n) is 7.92. The first-order valence-electron chi connectivity index (χ1n) is 10.2. The van der Waals surface area contributed by atoms with Gasteiger partial charge in [0.2, 0.25) is 0 Å². The molecule has 0 saturated heterocycles. The fourth-order valence-electron chi connectivity index (χ4n) is 3.92. The zero-order chi connectivity index (χ0) is 23.0. The molecule has 0 aliphatic carbocycles. The van der Waals surface area contributed by atoms with Gasteiger partial charge in [0, 0.05) is 56.7 Å². The van der Waals surface area contributed by atoms with Gasteiger partial charge in [-0.1, -0.05) is 24.3 Å². The molecule has 1 aliphatic rings. The number of nitrogen functional groups attached to an aromatic ring is 1. The summed E-state index contributed by atoms with van der Waals surface area (Å²) in [6.07, 6.45) is 0.541. The Morgan fingerprint density at radius 1 is 1.09 bits per heavy atom. The Labute approximate surface area is 191 Å². The molecule has 2 heterocycles. The van der Waals surface area contributed by atoms with Gasteiger partial charge in [-0.25, -0.2) is 9.78 Å². The molecule has 3 amide bonds. The summed E-state index contributed by atoms with van der Waals surface area (Å²) in [6.45, 7) is 0.449. The number of nitrogens with two attached hydrogens (primary N) is 2. The molecular formula is C23H26N6O2S. The molecule has 4 rings (SSSR count). The molecular weight excluding hydrogens is 424 g/mol. The summed E-state index contributed by atoms with van der Waals surface area (Å²) in [7, 11) is 5.68. The zero-order valence-electron chi connectivity index (χ0n) is 18.3. The number of anilines is 3. The summed E-state index contributed by atoms with van der Waals surface area (Å²) < 4.78 is 0. The lowest BCUT2D eigenvalue weighted by molar-refractivity contribution is 0.0999. The van der Waals surface area contributed by atoms with Crippen LogP contribution in [0.25, 0.3) is 0 Å². The predicted octanol–water partition coefficient (Wildman–Crippen LogP) is 3.09. The largest absolute Gasteiger partial charge is 0.398 e. The van der Waals surface area contributed by atoms with E-state index in [-0.39, 0.29) is 11.0 Å². The van der Waals surface area contributed by atoms with Crippen molar-refractivity contribution in [3.8, 4) is 0 Å². The maximum Gasteiger partial charge on any atom is 0.325 e. The van der Waals surface area contributed by atoms with Gasteiger partial charge in [0.25, 0.3) is 5.91 Å². The molecule has 2 aromatic carbocycles. The molecule has 0 bridgehead atoms. The number of carbonyl (C=O) groups is 2. The Hall–Kier alpha value is -3.59. The van der Waals surface area contributed by atoms with Crippen LogP contribution in [0.2, 0.25) is 0 Å². The summed E-state index contributed by atoms with van der Waals surface area (Å²) in [5.74, 6) is -0.570. The van der Waals surface area contributed by atoms with Crippen LogP contribution in [0.15, 0.2) is 48.5 Å². The quantitative estimate of drug-likeness (QED) is 0.594. The highest BCUT2D eigenvalue weighted by Gasteiger charge is 2.37. The Morgan fingerprint density at radius 3 is 2.50 bits per heavy atom. The summed E-state index contributed by atoms with van der Waals surface area (Å²) in [5, 5.41) is 0.246. The monoisotopic (exact) mass is 450 g/mol. The zero-order valence-corrected chi connectivity index (χ0v) is 19.1. The molecule has 32 heavy (non-hydrogen) atoms. The number of nitrogens with zero attached hydrogens (tertiary/aromatic N) is 4. The number of aromatic nitrogens is 1. The number of fused-ring (bicyclic) bond motifs is 1. The molecule has 0 spiro atoms. The van der Waals surface area contributed by atoms with Crippen LogP contribution < -0.4 is 21.3 Å². The second-order valence-corrected chi connectivity index (χ2v) is 8.96. The van der Waals surface area contributed by atoms with E-state index in [1.807, 2.05) is 67.5 Å². The van der Waals surface area contributed by atoms with Crippen LogP contribution in [0.5, 0.6) is 0 Å². The van der Waals surface area contributed by atoms with Crippen LogP contribution in [0.3, 0.4) is 0 Å². The van der Waals surface area contributed by atoms with Crippen LogP contribution >= 0.6 is 11.3 Å². The third kappa shape index (κ3) is 3.87. The molecule has 1 aliphatic heterocycles. The van der Waals surface area contributed by atoms with Crippen molar-refractivity contribution in [3.63, 3.8) is 0 Å². The average molecular weight is 451 g/mol.